The molecule has 0 unspecified atom stereocenters. The first-order valence-corrected chi connectivity index (χ1v) is 8.05. The molecule has 2 heterocycles. The molecule has 6 nitrogen and oxygen atoms in total. The van der Waals surface area contributed by atoms with Crippen molar-refractivity contribution in [2.24, 2.45) is 0 Å². The third-order valence-corrected chi connectivity index (χ3v) is 4.79. The topological polar surface area (TPSA) is 69.8 Å². The first-order valence-electron chi connectivity index (χ1n) is 8.05. The number of fused-ring (bicyclic) bond motifs is 3. The van der Waals surface area contributed by atoms with Gasteiger partial charge in [0.15, 0.2) is 0 Å². The molecular weight excluding hydrogens is 276 g/mol. The predicted octanol–water partition coefficient (Wildman–Crippen LogP) is 1.06. The molecule has 0 aromatic rings. The van der Waals surface area contributed by atoms with Crippen LogP contribution in [0.4, 0.5) is 0 Å². The van der Waals surface area contributed by atoms with Crippen molar-refractivity contribution in [3.05, 3.63) is 23.0 Å². The maximum Gasteiger partial charge on any atom is 0.138 e. The summed E-state index contributed by atoms with van der Waals surface area (Å²) in [5.41, 5.74) is 5.16. The Bertz CT molecular complexity index is 712. The molecule has 1 N–H and O–H groups in total. The minimum absolute atomic E-state index is 0.437. The average Bonchev–Trinajstić information content (AvgIpc) is 2.88. The number of aromatic nitrogens is 3. The molecule has 0 amide bonds. The van der Waals surface area contributed by atoms with Gasteiger partial charge in [0.25, 0.3) is 0 Å². The van der Waals surface area contributed by atoms with E-state index in [1.165, 1.54) is 17.5 Å². The van der Waals surface area contributed by atoms with E-state index in [0.29, 0.717) is 6.04 Å². The molecule has 2 aliphatic carbocycles. The highest BCUT2D eigenvalue weighted by atomic mass is 15.7. The zero-order valence-corrected chi connectivity index (χ0v) is 12.8. The average molecular weight is 296 g/mol. The molecule has 0 aromatic heterocycles. The van der Waals surface area contributed by atoms with Gasteiger partial charge in [-0.15, -0.1) is 5.10 Å². The van der Waals surface area contributed by atoms with Crippen LogP contribution in [0.5, 0.6) is 0 Å². The van der Waals surface area contributed by atoms with E-state index in [1.807, 2.05) is 4.79 Å². The minimum Gasteiger partial charge on any atom is -0.311 e. The van der Waals surface area contributed by atoms with Crippen LogP contribution in [-0.2, 0) is 12.8 Å². The van der Waals surface area contributed by atoms with Crippen LogP contribution in [-0.4, -0.2) is 40.5 Å². The number of nitrogens with one attached hydrogen (secondary N) is 1. The SMILES string of the molecule is C[C@H]1CN(n2ncnc3c(C#N)c4c(c2-3)CCCC4)CCN1. The summed E-state index contributed by atoms with van der Waals surface area (Å²) in [6.07, 6.45) is 5.95. The van der Waals surface area contributed by atoms with Crippen molar-refractivity contribution in [2.45, 2.75) is 38.6 Å². The summed E-state index contributed by atoms with van der Waals surface area (Å²) >= 11 is 0. The third-order valence-electron chi connectivity index (χ3n) is 4.79. The maximum absolute atomic E-state index is 9.58. The van der Waals surface area contributed by atoms with E-state index in [1.54, 1.807) is 6.33 Å². The highest BCUT2D eigenvalue weighted by Crippen LogP contribution is 2.38. The lowest BCUT2D eigenvalue weighted by molar-refractivity contribution is 0.397. The van der Waals surface area contributed by atoms with Crippen molar-refractivity contribution < 1.29 is 0 Å². The second-order valence-electron chi connectivity index (χ2n) is 6.27. The van der Waals surface area contributed by atoms with Crippen LogP contribution in [0.15, 0.2) is 6.33 Å². The predicted molar refractivity (Wildman–Crippen MR) is 83.4 cm³/mol. The summed E-state index contributed by atoms with van der Waals surface area (Å²) in [6, 6.07) is 2.82. The highest BCUT2D eigenvalue weighted by molar-refractivity contribution is 5.76. The molecule has 0 aromatic carbocycles. The fourth-order valence-electron chi connectivity index (χ4n) is 3.80. The van der Waals surface area contributed by atoms with Crippen molar-refractivity contribution in [3.8, 4) is 17.5 Å². The van der Waals surface area contributed by atoms with E-state index in [-0.39, 0.29) is 0 Å². The number of rotatable bonds is 1. The molecule has 22 heavy (non-hydrogen) atoms. The normalized spacial score (nSPS) is 21.6. The molecule has 0 radical (unpaired) electrons. The van der Waals surface area contributed by atoms with E-state index in [4.69, 9.17) is 0 Å². The van der Waals surface area contributed by atoms with Gasteiger partial charge in [-0.2, -0.15) is 10.1 Å². The molecule has 0 saturated carbocycles. The van der Waals surface area contributed by atoms with Crippen LogP contribution in [0.1, 0.15) is 36.5 Å². The Morgan fingerprint density at radius 1 is 1.32 bits per heavy atom. The van der Waals surface area contributed by atoms with Crippen LogP contribution in [0.3, 0.4) is 0 Å². The number of piperazine rings is 1. The zero-order valence-electron chi connectivity index (χ0n) is 12.8. The Balaban J connectivity index is 1.88. The van der Waals surface area contributed by atoms with Crippen molar-refractivity contribution in [2.75, 3.05) is 24.6 Å². The van der Waals surface area contributed by atoms with Crippen LogP contribution < -0.4 is 10.3 Å². The van der Waals surface area contributed by atoms with Gasteiger partial charge in [-0.25, -0.2) is 4.98 Å². The summed E-state index contributed by atoms with van der Waals surface area (Å²) in [7, 11) is 0. The summed E-state index contributed by atoms with van der Waals surface area (Å²) in [5, 5.41) is 19.8. The highest BCUT2D eigenvalue weighted by Gasteiger charge is 2.31. The summed E-state index contributed by atoms with van der Waals surface area (Å²) in [4.78, 5) is 6.44. The van der Waals surface area contributed by atoms with Gasteiger partial charge in [-0.1, -0.05) is 0 Å². The first kappa shape index (κ1) is 13.5. The van der Waals surface area contributed by atoms with E-state index >= 15 is 0 Å². The Labute approximate surface area is 130 Å². The maximum atomic E-state index is 9.58. The molecule has 6 heteroatoms. The largest absolute Gasteiger partial charge is 0.311 e. The molecular formula is C16H20N6. The van der Waals surface area contributed by atoms with Gasteiger partial charge in [0.2, 0.25) is 0 Å². The standard InChI is InChI=1S/C16H20N6/c1-11-9-21(7-6-18-11)22-16-13-5-3-2-4-12(13)14(8-17)15(16)19-10-20-22/h10-11,18H,2-7,9H2,1H3/t11-/m0/s1. The van der Waals surface area contributed by atoms with Gasteiger partial charge in [0.05, 0.1) is 12.1 Å². The van der Waals surface area contributed by atoms with Gasteiger partial charge in [-0.05, 0) is 43.7 Å². The van der Waals surface area contributed by atoms with Crippen molar-refractivity contribution >= 4 is 0 Å². The quantitative estimate of drug-likeness (QED) is 0.852. The monoisotopic (exact) mass is 296 g/mol. The lowest BCUT2D eigenvalue weighted by atomic mass is 9.94. The summed E-state index contributed by atoms with van der Waals surface area (Å²) in [6.45, 7) is 4.97. The second-order valence-corrected chi connectivity index (χ2v) is 6.27. The smallest absolute Gasteiger partial charge is 0.138 e. The minimum atomic E-state index is 0.437. The van der Waals surface area contributed by atoms with Gasteiger partial charge in [0.1, 0.15) is 23.8 Å². The zero-order chi connectivity index (χ0) is 15.1. The second kappa shape index (κ2) is 5.25. The number of hydrogen-bond acceptors (Lipinski definition) is 5. The Morgan fingerprint density at radius 3 is 2.91 bits per heavy atom. The van der Waals surface area contributed by atoms with Crippen molar-refractivity contribution in [1.29, 1.82) is 5.26 Å². The molecule has 0 bridgehead atoms. The Kier molecular flexibility index (Phi) is 3.23. The van der Waals surface area contributed by atoms with Crippen LogP contribution in [0, 0.1) is 11.3 Å². The molecule has 0 spiro atoms. The molecule has 114 valence electrons. The van der Waals surface area contributed by atoms with E-state index in [9.17, 15) is 5.26 Å². The molecule has 4 aliphatic rings. The van der Waals surface area contributed by atoms with Gasteiger partial charge >= 0.3 is 0 Å². The van der Waals surface area contributed by atoms with Crippen molar-refractivity contribution in [3.63, 3.8) is 0 Å². The molecule has 2 aliphatic heterocycles. The Hall–Kier alpha value is -2.13. The van der Waals surface area contributed by atoms with Crippen LogP contribution >= 0.6 is 0 Å². The van der Waals surface area contributed by atoms with Crippen LogP contribution in [0.25, 0.3) is 11.4 Å². The number of hydrogen-bond donors (Lipinski definition) is 1. The van der Waals surface area contributed by atoms with E-state index in [0.717, 1.165) is 55.8 Å². The fraction of sp³-hybridized carbons (Fsp3) is 0.562. The third kappa shape index (κ3) is 1.97. The lowest BCUT2D eigenvalue weighted by Crippen LogP contribution is -2.54. The number of nitrogens with zero attached hydrogens (tertiary/aromatic N) is 5. The summed E-state index contributed by atoms with van der Waals surface area (Å²) in [5.74, 6) is 0. The molecule has 4 rings (SSSR count). The number of nitriles is 1. The van der Waals surface area contributed by atoms with Gasteiger partial charge < -0.3 is 5.32 Å². The lowest BCUT2D eigenvalue weighted by Gasteiger charge is -2.35. The van der Waals surface area contributed by atoms with E-state index < -0.39 is 0 Å². The molecule has 1 saturated heterocycles. The van der Waals surface area contributed by atoms with E-state index in [2.05, 4.69) is 33.4 Å². The van der Waals surface area contributed by atoms with Crippen LogP contribution in [0.2, 0.25) is 0 Å². The van der Waals surface area contributed by atoms with Gasteiger partial charge in [-0.3, -0.25) is 5.01 Å². The Morgan fingerprint density at radius 2 is 2.14 bits per heavy atom. The fourth-order valence-corrected chi connectivity index (χ4v) is 3.80. The molecule has 1 atom stereocenters. The van der Waals surface area contributed by atoms with Gasteiger partial charge in [0, 0.05) is 19.1 Å². The first-order chi connectivity index (χ1) is 10.8. The summed E-state index contributed by atoms with van der Waals surface area (Å²) < 4.78 is 0. The van der Waals surface area contributed by atoms with Crippen molar-refractivity contribution in [1.82, 2.24) is 20.2 Å². The molecule has 1 fully saturated rings.